The molecule has 1 aromatic carbocycles. The van der Waals surface area contributed by atoms with Crippen molar-refractivity contribution in [2.45, 2.75) is 31.4 Å². The van der Waals surface area contributed by atoms with Crippen molar-refractivity contribution in [3.63, 3.8) is 0 Å². The first-order chi connectivity index (χ1) is 16.6. The van der Waals surface area contributed by atoms with E-state index < -0.39 is 0 Å². The number of benzene rings is 1. The van der Waals surface area contributed by atoms with Gasteiger partial charge in [0.1, 0.15) is 74.3 Å². The minimum Gasteiger partial charge on any atom is -0.369 e. The smallest absolute Gasteiger partial charge is 0.249 e. The van der Waals surface area contributed by atoms with Gasteiger partial charge in [0.2, 0.25) is 12.7 Å². The van der Waals surface area contributed by atoms with Crippen molar-refractivity contribution in [1.82, 2.24) is 9.13 Å². The highest BCUT2D eigenvalue weighted by atomic mass is 16.6. The molecular formula is C25H31N6O3+3. The number of nitrogens with zero attached hydrogens (tertiary/aromatic N) is 6. The average molecular weight is 464 g/mol. The third-order valence-corrected chi connectivity index (χ3v) is 6.25. The van der Waals surface area contributed by atoms with E-state index in [1.165, 1.54) is 0 Å². The fraction of sp³-hybridized carbons (Fsp3) is 0.400. The molecule has 0 spiro atoms. The first-order valence-electron chi connectivity index (χ1n) is 11.7. The lowest BCUT2D eigenvalue weighted by molar-refractivity contribution is -0.697. The summed E-state index contributed by atoms with van der Waals surface area (Å²) in [4.78, 5) is 2.12. The fourth-order valence-corrected chi connectivity index (χ4v) is 3.98. The monoisotopic (exact) mass is 463 g/mol. The molecule has 5 heterocycles. The van der Waals surface area contributed by atoms with Gasteiger partial charge in [-0.25, -0.2) is 22.8 Å². The molecule has 3 saturated heterocycles. The summed E-state index contributed by atoms with van der Waals surface area (Å²) in [6, 6.07) is 6.59. The Labute approximate surface area is 198 Å². The highest BCUT2D eigenvalue weighted by molar-refractivity contribution is 5.61. The molecule has 176 valence electrons. The van der Waals surface area contributed by atoms with E-state index in [0.29, 0.717) is 18.3 Å². The minimum absolute atomic E-state index is 0.310. The molecular weight excluding hydrogens is 432 g/mol. The Morgan fingerprint density at radius 1 is 0.941 bits per heavy atom. The van der Waals surface area contributed by atoms with Gasteiger partial charge < -0.3 is 19.1 Å². The maximum absolute atomic E-state index is 5.39. The first-order valence-corrected chi connectivity index (χ1v) is 11.7. The molecule has 3 unspecified atom stereocenters. The number of hydrogen-bond donors (Lipinski definition) is 0. The number of ether oxygens (including phenoxy) is 3. The molecule has 6 rings (SSSR count). The van der Waals surface area contributed by atoms with Crippen LogP contribution in [0, 0.1) is 0 Å². The van der Waals surface area contributed by atoms with Crippen LogP contribution in [-0.4, -0.2) is 72.2 Å². The predicted molar refractivity (Wildman–Crippen MR) is 124 cm³/mol. The predicted octanol–water partition coefficient (Wildman–Crippen LogP) is 0.660. The van der Waals surface area contributed by atoms with Crippen molar-refractivity contribution in [3.8, 4) is 11.4 Å². The Balaban J connectivity index is 1.29. The molecule has 0 radical (unpaired) electrons. The molecule has 3 aliphatic heterocycles. The van der Waals surface area contributed by atoms with Gasteiger partial charge in [0, 0.05) is 30.9 Å². The van der Waals surface area contributed by atoms with Crippen LogP contribution in [0.3, 0.4) is 0 Å². The van der Waals surface area contributed by atoms with Gasteiger partial charge in [0.25, 0.3) is 0 Å². The molecule has 0 amide bonds. The maximum Gasteiger partial charge on any atom is 0.249 e. The van der Waals surface area contributed by atoms with Crippen LogP contribution in [0.5, 0.6) is 0 Å². The van der Waals surface area contributed by atoms with Gasteiger partial charge in [-0.2, -0.15) is 0 Å². The van der Waals surface area contributed by atoms with Crippen molar-refractivity contribution < 1.29 is 27.9 Å². The van der Waals surface area contributed by atoms with Gasteiger partial charge in [-0.3, -0.25) is 0 Å². The van der Waals surface area contributed by atoms with Crippen molar-refractivity contribution in [2.75, 3.05) is 38.3 Å². The second-order valence-electron chi connectivity index (χ2n) is 9.29. The summed E-state index contributed by atoms with van der Waals surface area (Å²) in [5.74, 6) is 0. The van der Waals surface area contributed by atoms with E-state index in [1.54, 1.807) is 0 Å². The van der Waals surface area contributed by atoms with E-state index in [4.69, 9.17) is 14.2 Å². The van der Waals surface area contributed by atoms with Crippen LogP contribution in [-0.2, 0) is 27.3 Å². The summed E-state index contributed by atoms with van der Waals surface area (Å²) in [6.07, 6.45) is 17.6. The zero-order valence-corrected chi connectivity index (χ0v) is 19.4. The van der Waals surface area contributed by atoms with Crippen LogP contribution in [0.15, 0.2) is 68.0 Å². The summed E-state index contributed by atoms with van der Waals surface area (Å²) < 4.78 is 26.7. The molecule has 2 aromatic heterocycles. The number of rotatable bonds is 11. The largest absolute Gasteiger partial charge is 0.369 e. The Morgan fingerprint density at radius 2 is 1.47 bits per heavy atom. The molecule has 0 bridgehead atoms. The van der Waals surface area contributed by atoms with Gasteiger partial charge in [0.15, 0.2) is 12.7 Å². The molecule has 3 aliphatic rings. The van der Waals surface area contributed by atoms with Crippen molar-refractivity contribution in [1.29, 1.82) is 0 Å². The van der Waals surface area contributed by atoms with E-state index in [9.17, 15) is 0 Å². The maximum atomic E-state index is 5.39. The van der Waals surface area contributed by atoms with Gasteiger partial charge in [-0.1, -0.05) is 0 Å². The second kappa shape index (κ2) is 8.83. The lowest BCUT2D eigenvalue weighted by Gasteiger charge is -2.14. The van der Waals surface area contributed by atoms with Crippen LogP contribution >= 0.6 is 0 Å². The van der Waals surface area contributed by atoms with Gasteiger partial charge >= 0.3 is 0 Å². The molecule has 0 saturated carbocycles. The summed E-state index contributed by atoms with van der Waals surface area (Å²) in [7, 11) is 2.06. The Kier molecular flexibility index (Phi) is 5.52. The molecule has 3 fully saturated rings. The number of hydrogen-bond acceptors (Lipinski definition) is 4. The summed E-state index contributed by atoms with van der Waals surface area (Å²) in [5, 5.41) is 0. The van der Waals surface area contributed by atoms with E-state index in [1.807, 2.05) is 17.0 Å². The van der Waals surface area contributed by atoms with Crippen LogP contribution in [0.4, 0.5) is 5.69 Å². The molecule has 0 N–H and O–H groups in total. The topological polar surface area (TPSA) is 61.5 Å². The SMILES string of the molecule is C=[N+](/C=C\N(C)c1cc(-n2cc[n+](CC3CO3)c2)cc(-n2cc[n+](CC3CO3)c2)c1)CC1CO1. The summed E-state index contributed by atoms with van der Waals surface area (Å²) >= 11 is 0. The highest BCUT2D eigenvalue weighted by Gasteiger charge is 2.28. The van der Waals surface area contributed by atoms with Crippen LogP contribution < -0.4 is 14.0 Å². The number of aromatic nitrogens is 4. The molecule has 3 atom stereocenters. The quantitative estimate of drug-likeness (QED) is 0.238. The van der Waals surface area contributed by atoms with E-state index in [2.05, 4.69) is 92.6 Å². The normalized spacial score (nSPS) is 22.8. The summed E-state index contributed by atoms with van der Waals surface area (Å²) in [6.45, 7) is 9.18. The summed E-state index contributed by atoms with van der Waals surface area (Å²) in [5.41, 5.74) is 3.26. The number of anilines is 1. The highest BCUT2D eigenvalue weighted by Crippen LogP contribution is 2.24. The zero-order valence-electron chi connectivity index (χ0n) is 19.4. The second-order valence-corrected chi connectivity index (χ2v) is 9.29. The molecule has 9 heteroatoms. The van der Waals surface area contributed by atoms with Crippen LogP contribution in [0.25, 0.3) is 11.4 Å². The van der Waals surface area contributed by atoms with Gasteiger partial charge in [-0.05, 0) is 0 Å². The van der Waals surface area contributed by atoms with Crippen LogP contribution in [0.2, 0.25) is 0 Å². The third-order valence-electron chi connectivity index (χ3n) is 6.25. The lowest BCUT2D eigenvalue weighted by Crippen LogP contribution is -2.34. The Morgan fingerprint density at radius 3 is 1.97 bits per heavy atom. The number of epoxide rings is 3. The van der Waals surface area contributed by atoms with Crippen LogP contribution in [0.1, 0.15) is 0 Å². The molecule has 34 heavy (non-hydrogen) atoms. The molecule has 0 aliphatic carbocycles. The van der Waals surface area contributed by atoms with Gasteiger partial charge in [0.05, 0.1) is 26.0 Å². The van der Waals surface area contributed by atoms with E-state index in [0.717, 1.165) is 56.5 Å². The van der Waals surface area contributed by atoms with E-state index in [-0.39, 0.29) is 0 Å². The minimum atomic E-state index is 0.310. The van der Waals surface area contributed by atoms with E-state index >= 15 is 0 Å². The Bertz CT molecular complexity index is 1150. The standard InChI is InChI=1S/C25H31N6O3/c1-26(12-23-15-32-23)3-4-27(2)20-9-21(30-7-5-28(18-30)13-24-16-33-24)11-22(10-20)31-8-6-29(19-31)14-25-17-34-25/h3-11,18-19,23-25H,1,12-17H2,2H3/q+3/b4-3-. The first kappa shape index (κ1) is 21.3. The van der Waals surface area contributed by atoms with Crippen molar-refractivity contribution in [2.24, 2.45) is 0 Å². The van der Waals surface area contributed by atoms with Crippen molar-refractivity contribution >= 4 is 12.4 Å². The van der Waals surface area contributed by atoms with Crippen molar-refractivity contribution in [3.05, 3.63) is 68.0 Å². The molecule has 3 aromatic rings. The Hall–Kier alpha value is -3.27. The molecule has 9 nitrogen and oxygen atoms in total. The van der Waals surface area contributed by atoms with Gasteiger partial charge in [-0.15, -0.1) is 0 Å². The third kappa shape index (κ3) is 5.27. The number of imidazole rings is 2. The zero-order chi connectivity index (χ0) is 23.1. The average Bonchev–Trinajstić information content (AvgIpc) is 3.77. The fourth-order valence-electron chi connectivity index (χ4n) is 3.98. The lowest BCUT2D eigenvalue weighted by atomic mass is 10.2.